The molecule has 0 saturated heterocycles. The molecule has 1 heterocycles. The van der Waals surface area contributed by atoms with Crippen molar-refractivity contribution in [1.82, 2.24) is 5.32 Å². The van der Waals surface area contributed by atoms with E-state index in [0.29, 0.717) is 12.4 Å². The molecule has 166 valence electrons. The van der Waals surface area contributed by atoms with Gasteiger partial charge in [-0.15, -0.1) is 0 Å². The maximum absolute atomic E-state index is 10.9. The summed E-state index contributed by atoms with van der Waals surface area (Å²) in [7, 11) is 1.68. The van der Waals surface area contributed by atoms with Crippen molar-refractivity contribution in [3.63, 3.8) is 0 Å². The Morgan fingerprint density at radius 3 is 2.53 bits per heavy atom. The first-order valence-corrected chi connectivity index (χ1v) is 11.5. The third-order valence-corrected chi connectivity index (χ3v) is 6.13. The van der Waals surface area contributed by atoms with Crippen molar-refractivity contribution < 1.29 is 19.9 Å². The van der Waals surface area contributed by atoms with Gasteiger partial charge >= 0.3 is 0 Å². The van der Waals surface area contributed by atoms with Crippen molar-refractivity contribution in [2.24, 2.45) is 0 Å². The van der Waals surface area contributed by atoms with Gasteiger partial charge in [0, 0.05) is 16.2 Å². The van der Waals surface area contributed by atoms with Crippen molar-refractivity contribution in [3.05, 3.63) is 93.5 Å². The van der Waals surface area contributed by atoms with Gasteiger partial charge in [-0.25, -0.2) is 0 Å². The van der Waals surface area contributed by atoms with Crippen LogP contribution in [0.2, 0.25) is 0 Å². The number of aryl methyl sites for hydroxylation is 1. The van der Waals surface area contributed by atoms with Gasteiger partial charge in [0.2, 0.25) is 0 Å². The molecule has 0 aromatic heterocycles. The van der Waals surface area contributed by atoms with Crippen LogP contribution in [0, 0.1) is 6.92 Å². The Morgan fingerprint density at radius 1 is 1.03 bits per heavy atom. The molecule has 32 heavy (non-hydrogen) atoms. The van der Waals surface area contributed by atoms with E-state index >= 15 is 0 Å². The summed E-state index contributed by atoms with van der Waals surface area (Å²) in [6.07, 6.45) is 2.03. The predicted molar refractivity (Wildman–Crippen MR) is 130 cm³/mol. The fourth-order valence-corrected chi connectivity index (χ4v) is 4.40. The standard InChI is InChI=1S/C26H27BrN2O3/c1-4-32-24-7-5-6-19(25(24)30)22-15-21(17-10-8-16(2)9-11-17)28-26(29-22)20-14-18(27)12-13-23(20)31-3/h5-15,22,26,28-30H,4H2,1-3H3/p+1. The lowest BCUT2D eigenvalue weighted by Gasteiger charge is -2.31. The zero-order chi connectivity index (χ0) is 22.7. The molecule has 3 aromatic carbocycles. The minimum atomic E-state index is -0.123. The van der Waals surface area contributed by atoms with E-state index in [1.807, 2.05) is 31.2 Å². The maximum Gasteiger partial charge on any atom is 0.190 e. The highest BCUT2D eigenvalue weighted by atomic mass is 79.9. The van der Waals surface area contributed by atoms with Crippen molar-refractivity contribution in [3.8, 4) is 17.2 Å². The Bertz CT molecular complexity index is 1130. The molecule has 0 saturated carbocycles. The first kappa shape index (κ1) is 22.2. The molecule has 0 fully saturated rings. The van der Waals surface area contributed by atoms with Crippen LogP contribution in [0.5, 0.6) is 17.2 Å². The summed E-state index contributed by atoms with van der Waals surface area (Å²) >= 11 is 3.59. The second-order valence-corrected chi connectivity index (χ2v) is 8.72. The van der Waals surface area contributed by atoms with Crippen LogP contribution in [-0.2, 0) is 0 Å². The third kappa shape index (κ3) is 4.61. The second kappa shape index (κ2) is 9.67. The van der Waals surface area contributed by atoms with Crippen molar-refractivity contribution in [1.29, 1.82) is 0 Å². The molecule has 3 aromatic rings. The van der Waals surface area contributed by atoms with Crippen molar-refractivity contribution in [2.75, 3.05) is 13.7 Å². The van der Waals surface area contributed by atoms with Crippen LogP contribution in [0.3, 0.4) is 0 Å². The Hall–Kier alpha value is -2.96. The topological polar surface area (TPSA) is 67.3 Å². The number of ether oxygens (including phenoxy) is 2. The normalized spacial score (nSPS) is 17.9. The number of quaternary nitrogens is 1. The first-order chi connectivity index (χ1) is 15.5. The van der Waals surface area contributed by atoms with Gasteiger partial charge in [0.1, 0.15) is 11.8 Å². The number of nitrogens with one attached hydrogen (secondary N) is 1. The van der Waals surface area contributed by atoms with E-state index in [0.717, 1.165) is 32.6 Å². The summed E-state index contributed by atoms with van der Waals surface area (Å²) < 4.78 is 12.3. The van der Waals surface area contributed by atoms with E-state index in [9.17, 15) is 5.11 Å². The van der Waals surface area contributed by atoms with Crippen LogP contribution in [0.15, 0.2) is 71.2 Å². The van der Waals surface area contributed by atoms with Crippen LogP contribution in [0.25, 0.3) is 5.70 Å². The van der Waals surface area contributed by atoms with Gasteiger partial charge in [-0.2, -0.15) is 0 Å². The summed E-state index contributed by atoms with van der Waals surface area (Å²) in [5.41, 5.74) is 5.13. The van der Waals surface area contributed by atoms with Crippen LogP contribution in [0.1, 0.15) is 41.4 Å². The van der Waals surface area contributed by atoms with Gasteiger partial charge in [0.25, 0.3) is 0 Å². The highest BCUT2D eigenvalue weighted by Gasteiger charge is 2.32. The third-order valence-electron chi connectivity index (χ3n) is 5.64. The number of halogens is 1. The molecule has 0 spiro atoms. The molecule has 5 nitrogen and oxygen atoms in total. The molecule has 4 N–H and O–H groups in total. The Kier molecular flexibility index (Phi) is 6.72. The van der Waals surface area contributed by atoms with E-state index < -0.39 is 0 Å². The number of phenols is 1. The van der Waals surface area contributed by atoms with Gasteiger partial charge in [0.15, 0.2) is 17.7 Å². The zero-order valence-corrected chi connectivity index (χ0v) is 20.0. The molecule has 4 rings (SSSR count). The Balaban J connectivity index is 1.80. The van der Waals surface area contributed by atoms with E-state index in [4.69, 9.17) is 9.47 Å². The van der Waals surface area contributed by atoms with Gasteiger partial charge in [-0.1, -0.05) is 51.8 Å². The summed E-state index contributed by atoms with van der Waals surface area (Å²) in [5, 5.41) is 16.8. The quantitative estimate of drug-likeness (QED) is 0.458. The molecule has 6 heteroatoms. The lowest BCUT2D eigenvalue weighted by Crippen LogP contribution is -2.89. The molecule has 2 atom stereocenters. The van der Waals surface area contributed by atoms with Crippen LogP contribution < -0.4 is 20.1 Å². The monoisotopic (exact) mass is 495 g/mol. The highest BCUT2D eigenvalue weighted by Crippen LogP contribution is 2.36. The minimum Gasteiger partial charge on any atom is -0.504 e. The fourth-order valence-electron chi connectivity index (χ4n) is 4.02. The molecule has 0 radical (unpaired) electrons. The molecular formula is C26H28BrN2O3+. The molecule has 0 amide bonds. The zero-order valence-electron chi connectivity index (χ0n) is 18.4. The number of hydrogen-bond donors (Lipinski definition) is 3. The number of phenolic OH excluding ortho intramolecular Hbond substituents is 1. The summed E-state index contributed by atoms with van der Waals surface area (Å²) in [6, 6.07) is 20.0. The number of benzene rings is 3. The van der Waals surface area contributed by atoms with Gasteiger partial charge in [-0.3, -0.25) is 0 Å². The molecule has 1 aliphatic heterocycles. The van der Waals surface area contributed by atoms with Gasteiger partial charge in [0.05, 0.1) is 24.8 Å². The van der Waals surface area contributed by atoms with E-state index in [1.54, 1.807) is 13.2 Å². The lowest BCUT2D eigenvalue weighted by molar-refractivity contribution is -0.731. The average Bonchev–Trinajstić information content (AvgIpc) is 2.80. The van der Waals surface area contributed by atoms with E-state index in [2.05, 4.69) is 69.9 Å². The van der Waals surface area contributed by atoms with Crippen LogP contribution in [0.4, 0.5) is 0 Å². The van der Waals surface area contributed by atoms with Crippen molar-refractivity contribution >= 4 is 21.6 Å². The summed E-state index contributed by atoms with van der Waals surface area (Å²) in [4.78, 5) is 0. The van der Waals surface area contributed by atoms with Crippen LogP contribution >= 0.6 is 15.9 Å². The SMILES string of the molecule is CCOc1cccc(C2C=C(c3ccc(C)cc3)NC(c3cc(Br)ccc3OC)[NH2+]2)c1O. The second-order valence-electron chi connectivity index (χ2n) is 7.80. The van der Waals surface area contributed by atoms with Crippen molar-refractivity contribution in [2.45, 2.75) is 26.1 Å². The lowest BCUT2D eigenvalue weighted by atomic mass is 9.97. The fraction of sp³-hybridized carbons (Fsp3) is 0.231. The average molecular weight is 496 g/mol. The molecule has 1 aliphatic rings. The van der Waals surface area contributed by atoms with E-state index in [1.165, 1.54) is 5.56 Å². The molecule has 0 aliphatic carbocycles. The number of para-hydroxylation sites is 1. The molecule has 0 bridgehead atoms. The highest BCUT2D eigenvalue weighted by molar-refractivity contribution is 9.10. The minimum absolute atomic E-state index is 0.121. The number of methoxy groups -OCH3 is 1. The predicted octanol–water partition coefficient (Wildman–Crippen LogP) is 4.82. The van der Waals surface area contributed by atoms with E-state index in [-0.39, 0.29) is 18.0 Å². The van der Waals surface area contributed by atoms with Crippen LogP contribution in [-0.4, -0.2) is 18.8 Å². The number of aromatic hydroxyl groups is 1. The maximum atomic E-state index is 10.9. The number of hydrogen-bond acceptors (Lipinski definition) is 4. The largest absolute Gasteiger partial charge is 0.504 e. The van der Waals surface area contributed by atoms with Gasteiger partial charge < -0.3 is 25.2 Å². The Labute approximate surface area is 197 Å². The first-order valence-electron chi connectivity index (χ1n) is 10.7. The van der Waals surface area contributed by atoms with Gasteiger partial charge in [-0.05, 0) is 49.7 Å². The summed E-state index contributed by atoms with van der Waals surface area (Å²) in [6.45, 7) is 4.48. The molecular weight excluding hydrogens is 468 g/mol. The molecule has 2 unspecified atom stereocenters. The number of rotatable bonds is 6. The summed E-state index contributed by atoms with van der Waals surface area (Å²) in [5.74, 6) is 1.48. The Morgan fingerprint density at radius 2 is 1.81 bits per heavy atom. The number of nitrogens with two attached hydrogens (primary N) is 1. The smallest absolute Gasteiger partial charge is 0.190 e.